The Hall–Kier alpha value is -1.14. The molecule has 1 fully saturated rings. The van der Waals surface area contributed by atoms with E-state index in [2.05, 4.69) is 11.0 Å². The first kappa shape index (κ1) is 16.2. The van der Waals surface area contributed by atoms with Crippen LogP contribution in [0.4, 0.5) is 0 Å². The molecule has 0 radical (unpaired) electrons. The molecule has 0 unspecified atom stereocenters. The van der Waals surface area contributed by atoms with Crippen LogP contribution in [-0.4, -0.2) is 49.5 Å². The quantitative estimate of drug-likeness (QED) is 0.823. The summed E-state index contributed by atoms with van der Waals surface area (Å²) in [5.74, 6) is 0.859. The average Bonchev–Trinajstić information content (AvgIpc) is 2.47. The molecule has 5 nitrogen and oxygen atoms in total. The first-order valence-electron chi connectivity index (χ1n) is 7.41. The minimum absolute atomic E-state index is 0.516. The van der Waals surface area contributed by atoms with E-state index in [0.29, 0.717) is 39.1 Å². The average molecular weight is 294 g/mol. The predicted octanol–water partition coefficient (Wildman–Crippen LogP) is 1.13. The van der Waals surface area contributed by atoms with Gasteiger partial charge in [-0.1, -0.05) is 6.07 Å². The third-order valence-electron chi connectivity index (χ3n) is 4.01. The molecule has 1 aliphatic heterocycles. The summed E-state index contributed by atoms with van der Waals surface area (Å²) in [6.07, 6.45) is 1.38. The highest BCUT2D eigenvalue weighted by atomic mass is 16.5. The Labute approximate surface area is 126 Å². The fourth-order valence-electron chi connectivity index (χ4n) is 2.84. The summed E-state index contributed by atoms with van der Waals surface area (Å²) in [4.78, 5) is 2.13. The van der Waals surface area contributed by atoms with Crippen molar-refractivity contribution < 1.29 is 14.6 Å². The second-order valence-electron chi connectivity index (χ2n) is 5.86. The van der Waals surface area contributed by atoms with Crippen molar-refractivity contribution >= 4 is 0 Å². The van der Waals surface area contributed by atoms with Crippen LogP contribution in [0.5, 0.6) is 5.75 Å². The fraction of sp³-hybridized carbons (Fsp3) is 0.625. The number of hydrogen-bond acceptors (Lipinski definition) is 5. The van der Waals surface area contributed by atoms with Gasteiger partial charge >= 0.3 is 0 Å². The molecule has 3 N–H and O–H groups in total. The smallest absolute Gasteiger partial charge is 0.123 e. The van der Waals surface area contributed by atoms with E-state index in [1.165, 1.54) is 0 Å². The Morgan fingerprint density at radius 2 is 2.10 bits per heavy atom. The Morgan fingerprint density at radius 1 is 1.38 bits per heavy atom. The maximum Gasteiger partial charge on any atom is 0.123 e. The first-order chi connectivity index (χ1) is 10.1. The molecule has 1 heterocycles. The van der Waals surface area contributed by atoms with Crippen molar-refractivity contribution in [1.29, 1.82) is 0 Å². The Balaban J connectivity index is 2.02. The molecule has 0 bridgehead atoms. The van der Waals surface area contributed by atoms with E-state index in [1.807, 2.05) is 19.2 Å². The van der Waals surface area contributed by atoms with Crippen LogP contribution in [0.25, 0.3) is 0 Å². The van der Waals surface area contributed by atoms with Gasteiger partial charge in [0.1, 0.15) is 5.75 Å². The van der Waals surface area contributed by atoms with E-state index in [0.717, 1.165) is 23.4 Å². The largest absolute Gasteiger partial charge is 0.496 e. The summed E-state index contributed by atoms with van der Waals surface area (Å²) in [6.45, 7) is 3.14. The van der Waals surface area contributed by atoms with Gasteiger partial charge in [0.15, 0.2) is 0 Å². The normalized spacial score (nSPS) is 18.0. The minimum Gasteiger partial charge on any atom is -0.496 e. The number of hydrogen-bond donors (Lipinski definition) is 2. The number of nitrogens with two attached hydrogens (primary N) is 1. The second-order valence-corrected chi connectivity index (χ2v) is 5.86. The standard InChI is InChI=1S/C16H26N2O3/c1-18(12-16(19)5-7-21-8-6-16)11-14-9-13(10-17)3-4-15(14)20-2/h3-4,9,19H,5-8,10-12,17H2,1-2H3. The van der Waals surface area contributed by atoms with Crippen LogP contribution in [0.2, 0.25) is 0 Å². The van der Waals surface area contributed by atoms with Crippen molar-refractivity contribution in [2.24, 2.45) is 5.73 Å². The number of nitrogens with zero attached hydrogens (tertiary/aromatic N) is 1. The lowest BCUT2D eigenvalue weighted by Gasteiger charge is -2.35. The van der Waals surface area contributed by atoms with Crippen LogP contribution < -0.4 is 10.5 Å². The lowest BCUT2D eigenvalue weighted by atomic mass is 9.93. The van der Waals surface area contributed by atoms with E-state index < -0.39 is 5.60 Å². The van der Waals surface area contributed by atoms with Crippen LogP contribution in [0.15, 0.2) is 18.2 Å². The zero-order valence-corrected chi connectivity index (χ0v) is 13.0. The van der Waals surface area contributed by atoms with Gasteiger partial charge in [0.05, 0.1) is 12.7 Å². The first-order valence-corrected chi connectivity index (χ1v) is 7.41. The molecule has 118 valence electrons. The lowest BCUT2D eigenvalue weighted by molar-refractivity contribution is -0.0777. The summed E-state index contributed by atoms with van der Waals surface area (Å²) < 4.78 is 10.7. The zero-order chi connectivity index (χ0) is 15.3. The van der Waals surface area contributed by atoms with Gasteiger partial charge in [-0.15, -0.1) is 0 Å². The van der Waals surface area contributed by atoms with E-state index >= 15 is 0 Å². The summed E-state index contributed by atoms with van der Waals surface area (Å²) in [7, 11) is 3.69. The van der Waals surface area contributed by atoms with E-state index in [9.17, 15) is 5.11 Å². The van der Waals surface area contributed by atoms with Crippen molar-refractivity contribution in [3.63, 3.8) is 0 Å². The Kier molecular flexibility index (Phi) is 5.58. The fourth-order valence-corrected chi connectivity index (χ4v) is 2.84. The maximum atomic E-state index is 10.6. The van der Waals surface area contributed by atoms with Crippen molar-refractivity contribution in [2.75, 3.05) is 33.9 Å². The molecule has 21 heavy (non-hydrogen) atoms. The molecular formula is C16H26N2O3. The summed E-state index contributed by atoms with van der Waals surface area (Å²) in [6, 6.07) is 6.01. The molecule has 0 aliphatic carbocycles. The number of methoxy groups -OCH3 is 1. The van der Waals surface area contributed by atoms with Gasteiger partial charge in [-0.3, -0.25) is 4.90 Å². The monoisotopic (exact) mass is 294 g/mol. The van der Waals surface area contributed by atoms with E-state index in [4.69, 9.17) is 15.2 Å². The Bertz CT molecular complexity index is 459. The third kappa shape index (κ3) is 4.41. The highest BCUT2D eigenvalue weighted by Gasteiger charge is 2.31. The van der Waals surface area contributed by atoms with Gasteiger partial charge in [-0.05, 0) is 24.7 Å². The number of ether oxygens (including phenoxy) is 2. The summed E-state index contributed by atoms with van der Waals surface area (Å²) in [5.41, 5.74) is 7.24. The second kappa shape index (κ2) is 7.22. The molecule has 0 amide bonds. The molecule has 1 aromatic rings. The molecule has 0 aromatic heterocycles. The predicted molar refractivity (Wildman–Crippen MR) is 82.2 cm³/mol. The van der Waals surface area contributed by atoms with Crippen LogP contribution >= 0.6 is 0 Å². The zero-order valence-electron chi connectivity index (χ0n) is 13.0. The topological polar surface area (TPSA) is 68.0 Å². The van der Waals surface area contributed by atoms with Crippen molar-refractivity contribution in [3.8, 4) is 5.75 Å². The molecule has 0 spiro atoms. The lowest BCUT2D eigenvalue weighted by Crippen LogP contribution is -2.45. The molecule has 1 aliphatic rings. The number of aliphatic hydroxyl groups is 1. The SMILES string of the molecule is COc1ccc(CN)cc1CN(C)CC1(O)CCOCC1. The maximum absolute atomic E-state index is 10.6. The van der Waals surface area contributed by atoms with Gasteiger partial charge in [0, 0.05) is 51.3 Å². The molecule has 0 saturated carbocycles. The molecule has 5 heteroatoms. The highest BCUT2D eigenvalue weighted by Crippen LogP contribution is 2.25. The van der Waals surface area contributed by atoms with Gasteiger partial charge in [-0.25, -0.2) is 0 Å². The van der Waals surface area contributed by atoms with Crippen molar-refractivity contribution in [2.45, 2.75) is 31.5 Å². The van der Waals surface area contributed by atoms with E-state index in [1.54, 1.807) is 7.11 Å². The molecule has 2 rings (SSSR count). The van der Waals surface area contributed by atoms with Gasteiger partial charge in [0.25, 0.3) is 0 Å². The molecule has 1 saturated heterocycles. The van der Waals surface area contributed by atoms with Crippen LogP contribution in [0.1, 0.15) is 24.0 Å². The van der Waals surface area contributed by atoms with Crippen LogP contribution in [-0.2, 0) is 17.8 Å². The Morgan fingerprint density at radius 3 is 2.71 bits per heavy atom. The van der Waals surface area contributed by atoms with Gasteiger partial charge < -0.3 is 20.3 Å². The van der Waals surface area contributed by atoms with E-state index in [-0.39, 0.29) is 0 Å². The summed E-state index contributed by atoms with van der Waals surface area (Å²) in [5, 5.41) is 10.6. The van der Waals surface area contributed by atoms with Crippen molar-refractivity contribution in [1.82, 2.24) is 4.90 Å². The van der Waals surface area contributed by atoms with Crippen LogP contribution in [0.3, 0.4) is 0 Å². The number of benzene rings is 1. The van der Waals surface area contributed by atoms with Crippen LogP contribution in [0, 0.1) is 0 Å². The molecule has 0 atom stereocenters. The van der Waals surface area contributed by atoms with Crippen molar-refractivity contribution in [3.05, 3.63) is 29.3 Å². The summed E-state index contributed by atoms with van der Waals surface area (Å²) >= 11 is 0. The molecular weight excluding hydrogens is 268 g/mol. The van der Waals surface area contributed by atoms with Gasteiger partial charge in [-0.2, -0.15) is 0 Å². The highest BCUT2D eigenvalue weighted by molar-refractivity contribution is 5.37. The van der Waals surface area contributed by atoms with Gasteiger partial charge in [0.2, 0.25) is 0 Å². The number of likely N-dealkylation sites (N-methyl/N-ethyl adjacent to an activating group) is 1. The third-order valence-corrected chi connectivity index (χ3v) is 4.01. The minimum atomic E-state index is -0.647. The molecule has 1 aromatic carbocycles. The number of rotatable bonds is 6.